The molecule has 2 unspecified atom stereocenters. The second-order valence-electron chi connectivity index (χ2n) is 4.88. The number of nitrogens with two attached hydrogens (primary N) is 1. The maximum atomic E-state index is 13.9. The first-order chi connectivity index (χ1) is 9.26. The molecule has 2 atom stereocenters. The average molecular weight is 267 g/mol. The molecule has 1 aromatic carbocycles. The van der Waals surface area contributed by atoms with Gasteiger partial charge in [-0.1, -0.05) is 25.1 Å². The highest BCUT2D eigenvalue weighted by molar-refractivity contribution is 5.22. The lowest BCUT2D eigenvalue weighted by Crippen LogP contribution is -2.49. The fraction of sp³-hybridized carbons (Fsp3) is 0.571. The Bertz CT molecular complexity index is 400. The van der Waals surface area contributed by atoms with Crippen molar-refractivity contribution >= 4 is 0 Å². The Hall–Kier alpha value is -1.01. The molecule has 1 fully saturated rings. The lowest BCUT2D eigenvalue weighted by molar-refractivity contribution is -0.0476. The third kappa shape index (κ3) is 3.51. The van der Waals surface area contributed by atoms with Gasteiger partial charge in [-0.15, -0.1) is 0 Å². The third-order valence-corrected chi connectivity index (χ3v) is 3.51. The van der Waals surface area contributed by atoms with Gasteiger partial charge in [-0.2, -0.15) is 0 Å². The molecule has 1 saturated heterocycles. The predicted molar refractivity (Wildman–Crippen MR) is 72.9 cm³/mol. The lowest BCUT2D eigenvalue weighted by Gasteiger charge is -2.36. The van der Waals surface area contributed by atoms with Gasteiger partial charge in [-0.3, -0.25) is 16.2 Å². The van der Waals surface area contributed by atoms with Crippen molar-refractivity contribution < 1.29 is 9.13 Å². The summed E-state index contributed by atoms with van der Waals surface area (Å²) >= 11 is 0. The number of hydrogen-bond donors (Lipinski definition) is 2. The topological polar surface area (TPSA) is 50.5 Å². The summed E-state index contributed by atoms with van der Waals surface area (Å²) in [6.07, 6.45) is 0.981. The summed E-state index contributed by atoms with van der Waals surface area (Å²) in [4.78, 5) is 2.33. The number of rotatable bonds is 5. The highest BCUT2D eigenvalue weighted by Gasteiger charge is 2.29. The van der Waals surface area contributed by atoms with Crippen molar-refractivity contribution in [3.05, 3.63) is 35.6 Å². The zero-order chi connectivity index (χ0) is 13.7. The number of halogens is 1. The van der Waals surface area contributed by atoms with Crippen LogP contribution in [0.25, 0.3) is 0 Å². The van der Waals surface area contributed by atoms with E-state index >= 15 is 0 Å². The molecule has 106 valence electrons. The van der Waals surface area contributed by atoms with Crippen LogP contribution in [0.4, 0.5) is 4.39 Å². The van der Waals surface area contributed by atoms with E-state index in [1.165, 1.54) is 6.07 Å². The number of hydrogen-bond acceptors (Lipinski definition) is 4. The van der Waals surface area contributed by atoms with Crippen molar-refractivity contribution in [2.45, 2.75) is 25.5 Å². The number of benzene rings is 1. The van der Waals surface area contributed by atoms with Gasteiger partial charge in [0.05, 0.1) is 18.8 Å². The standard InChI is InChI=1S/C14H22FN3O/c1-2-7-18-8-9-19-13(10-18)14(17-16)11-5-3-4-6-12(11)15/h3-6,13-14,17H,2,7-10,16H2,1H3. The minimum atomic E-state index is -0.319. The summed E-state index contributed by atoms with van der Waals surface area (Å²) in [6.45, 7) is 5.56. The van der Waals surface area contributed by atoms with Crippen LogP contribution in [-0.4, -0.2) is 37.2 Å². The van der Waals surface area contributed by atoms with Crippen LogP contribution in [0.5, 0.6) is 0 Å². The van der Waals surface area contributed by atoms with Crippen molar-refractivity contribution in [1.82, 2.24) is 10.3 Å². The van der Waals surface area contributed by atoms with Gasteiger partial charge in [0.1, 0.15) is 5.82 Å². The first-order valence-electron chi connectivity index (χ1n) is 6.80. The second-order valence-corrected chi connectivity index (χ2v) is 4.88. The smallest absolute Gasteiger partial charge is 0.128 e. The quantitative estimate of drug-likeness (QED) is 0.626. The van der Waals surface area contributed by atoms with E-state index in [1.54, 1.807) is 12.1 Å². The number of morpholine rings is 1. The maximum absolute atomic E-state index is 13.9. The molecule has 19 heavy (non-hydrogen) atoms. The molecule has 0 saturated carbocycles. The van der Waals surface area contributed by atoms with E-state index in [0.29, 0.717) is 12.2 Å². The molecular weight excluding hydrogens is 245 g/mol. The molecule has 4 nitrogen and oxygen atoms in total. The Morgan fingerprint density at radius 3 is 3.00 bits per heavy atom. The SMILES string of the molecule is CCCN1CCOC(C(NN)c2ccccc2F)C1. The molecule has 0 amide bonds. The van der Waals surface area contributed by atoms with Crippen molar-refractivity contribution in [3.63, 3.8) is 0 Å². The number of nitrogens with one attached hydrogen (secondary N) is 1. The zero-order valence-electron chi connectivity index (χ0n) is 11.3. The zero-order valence-corrected chi connectivity index (χ0v) is 11.3. The summed E-state index contributed by atoms with van der Waals surface area (Å²) in [7, 11) is 0. The Kier molecular flexibility index (Phi) is 5.27. The summed E-state index contributed by atoms with van der Waals surface area (Å²) in [5.41, 5.74) is 3.26. The molecule has 5 heteroatoms. The molecule has 0 spiro atoms. The van der Waals surface area contributed by atoms with Crippen LogP contribution in [-0.2, 0) is 4.74 Å². The fourth-order valence-corrected chi connectivity index (χ4v) is 2.58. The molecule has 1 aromatic rings. The predicted octanol–water partition coefficient (Wildman–Crippen LogP) is 1.44. The largest absolute Gasteiger partial charge is 0.374 e. The van der Waals surface area contributed by atoms with Crippen LogP contribution < -0.4 is 11.3 Å². The van der Waals surface area contributed by atoms with Gasteiger partial charge in [0.25, 0.3) is 0 Å². The van der Waals surface area contributed by atoms with Crippen LogP contribution in [0.3, 0.4) is 0 Å². The van der Waals surface area contributed by atoms with Crippen molar-refractivity contribution in [2.75, 3.05) is 26.2 Å². The Morgan fingerprint density at radius 1 is 1.53 bits per heavy atom. The van der Waals surface area contributed by atoms with E-state index in [-0.39, 0.29) is 18.0 Å². The minimum Gasteiger partial charge on any atom is -0.374 e. The van der Waals surface area contributed by atoms with Crippen molar-refractivity contribution in [1.29, 1.82) is 0 Å². The third-order valence-electron chi connectivity index (χ3n) is 3.51. The summed E-state index contributed by atoms with van der Waals surface area (Å²) in [5, 5.41) is 0. The number of nitrogens with zero attached hydrogens (tertiary/aromatic N) is 1. The highest BCUT2D eigenvalue weighted by atomic mass is 19.1. The van der Waals surface area contributed by atoms with Gasteiger partial charge in [-0.05, 0) is 19.0 Å². The van der Waals surface area contributed by atoms with Gasteiger partial charge < -0.3 is 4.74 Å². The average Bonchev–Trinajstić information content (AvgIpc) is 2.43. The monoisotopic (exact) mass is 267 g/mol. The normalized spacial score (nSPS) is 22.4. The maximum Gasteiger partial charge on any atom is 0.128 e. The van der Waals surface area contributed by atoms with Gasteiger partial charge >= 0.3 is 0 Å². The molecule has 1 aliphatic rings. The van der Waals surface area contributed by atoms with Gasteiger partial charge in [0, 0.05) is 18.7 Å². The lowest BCUT2D eigenvalue weighted by atomic mass is 10.00. The van der Waals surface area contributed by atoms with Crippen molar-refractivity contribution in [2.24, 2.45) is 5.84 Å². The van der Waals surface area contributed by atoms with Crippen LogP contribution in [0.1, 0.15) is 24.9 Å². The van der Waals surface area contributed by atoms with Gasteiger partial charge in [0.2, 0.25) is 0 Å². The highest BCUT2D eigenvalue weighted by Crippen LogP contribution is 2.24. The Balaban J connectivity index is 2.11. The van der Waals surface area contributed by atoms with E-state index in [4.69, 9.17) is 10.6 Å². The molecule has 0 bridgehead atoms. The molecular formula is C14H22FN3O. The molecule has 1 aliphatic heterocycles. The van der Waals surface area contributed by atoms with Crippen molar-refractivity contribution in [3.8, 4) is 0 Å². The summed E-state index contributed by atoms with van der Waals surface area (Å²) in [6, 6.07) is 6.38. The van der Waals surface area contributed by atoms with E-state index in [0.717, 1.165) is 26.1 Å². The van der Waals surface area contributed by atoms with E-state index < -0.39 is 0 Å². The van der Waals surface area contributed by atoms with Crippen LogP contribution in [0.15, 0.2) is 24.3 Å². The van der Waals surface area contributed by atoms with E-state index in [2.05, 4.69) is 17.2 Å². The Labute approximate surface area is 113 Å². The van der Waals surface area contributed by atoms with Crippen LogP contribution in [0, 0.1) is 5.82 Å². The second kappa shape index (κ2) is 6.96. The van der Waals surface area contributed by atoms with Crippen LogP contribution >= 0.6 is 0 Å². The van der Waals surface area contributed by atoms with Gasteiger partial charge in [0.15, 0.2) is 0 Å². The molecule has 0 aromatic heterocycles. The molecule has 0 aliphatic carbocycles. The first kappa shape index (κ1) is 14.4. The first-order valence-corrected chi connectivity index (χ1v) is 6.80. The molecule has 1 heterocycles. The summed E-state index contributed by atoms with van der Waals surface area (Å²) < 4.78 is 19.6. The minimum absolute atomic E-state index is 0.123. The fourth-order valence-electron chi connectivity index (χ4n) is 2.58. The van der Waals surface area contributed by atoms with Gasteiger partial charge in [-0.25, -0.2) is 4.39 Å². The molecule has 3 N–H and O–H groups in total. The van der Waals surface area contributed by atoms with E-state index in [9.17, 15) is 4.39 Å². The summed E-state index contributed by atoms with van der Waals surface area (Å²) in [5.74, 6) is 5.36. The number of hydrazine groups is 1. The Morgan fingerprint density at radius 2 is 2.32 bits per heavy atom. The van der Waals surface area contributed by atoms with E-state index in [1.807, 2.05) is 6.07 Å². The molecule has 2 rings (SSSR count). The van der Waals surface area contributed by atoms with Crippen LogP contribution in [0.2, 0.25) is 0 Å². The molecule has 0 radical (unpaired) electrons. The number of ether oxygens (including phenoxy) is 1.